The van der Waals surface area contributed by atoms with E-state index in [1.807, 2.05) is 42.5 Å². The fraction of sp³-hybridized carbons (Fsp3) is 0.391. The van der Waals surface area contributed by atoms with Gasteiger partial charge in [-0.2, -0.15) is 0 Å². The number of morpholine rings is 1. The molecule has 1 aliphatic heterocycles. The van der Waals surface area contributed by atoms with Crippen molar-refractivity contribution in [2.75, 3.05) is 31.2 Å². The summed E-state index contributed by atoms with van der Waals surface area (Å²) < 4.78 is 6.43. The lowest BCUT2D eigenvalue weighted by Crippen LogP contribution is -2.45. The third-order valence-electron chi connectivity index (χ3n) is 6.17. The summed E-state index contributed by atoms with van der Waals surface area (Å²) in [6.07, 6.45) is 0.245. The zero-order valence-corrected chi connectivity index (χ0v) is 17.8. The molecular formula is C23H25N3O4S. The Labute approximate surface area is 184 Å². The summed E-state index contributed by atoms with van der Waals surface area (Å²) in [5.41, 5.74) is 0.897. The number of nitrogens with one attached hydrogen (secondary N) is 1. The third-order valence-corrected chi connectivity index (χ3v) is 7.29. The molecule has 3 aromatic rings. The molecule has 8 heteroatoms. The summed E-state index contributed by atoms with van der Waals surface area (Å²) >= 11 is 1.42. The van der Waals surface area contributed by atoms with Crippen LogP contribution in [0.5, 0.6) is 0 Å². The highest BCUT2D eigenvalue weighted by Gasteiger charge is 2.43. The van der Waals surface area contributed by atoms with Gasteiger partial charge < -0.3 is 25.2 Å². The second-order valence-electron chi connectivity index (χ2n) is 8.10. The lowest BCUT2D eigenvalue weighted by molar-refractivity contribution is 0.0295. The predicted octanol–water partition coefficient (Wildman–Crippen LogP) is 2.14. The lowest BCUT2D eigenvalue weighted by atomic mass is 9.94. The van der Waals surface area contributed by atoms with Crippen LogP contribution in [-0.4, -0.2) is 65.7 Å². The third kappa shape index (κ3) is 4.04. The number of aromatic nitrogens is 1. The number of thiophene rings is 1. The largest absolute Gasteiger partial charge is 0.390 e. The topological polar surface area (TPSA) is 94.9 Å². The van der Waals surface area contributed by atoms with Gasteiger partial charge in [-0.05, 0) is 35.6 Å². The van der Waals surface area contributed by atoms with Crippen molar-refractivity contribution in [3.8, 4) is 0 Å². The van der Waals surface area contributed by atoms with E-state index in [1.165, 1.54) is 11.3 Å². The second kappa shape index (κ2) is 8.55. The number of nitrogens with zero attached hydrogens (tertiary/aromatic N) is 2. The first-order valence-electron chi connectivity index (χ1n) is 10.5. The highest BCUT2D eigenvalue weighted by molar-refractivity contribution is 7.20. The highest BCUT2D eigenvalue weighted by atomic mass is 32.1. The van der Waals surface area contributed by atoms with Gasteiger partial charge in [0.1, 0.15) is 11.9 Å². The quantitative estimate of drug-likeness (QED) is 0.577. The Hall–Kier alpha value is -2.52. The van der Waals surface area contributed by atoms with Gasteiger partial charge in [-0.25, -0.2) is 4.98 Å². The van der Waals surface area contributed by atoms with Crippen LogP contribution in [0, 0.1) is 0 Å². The van der Waals surface area contributed by atoms with Gasteiger partial charge >= 0.3 is 0 Å². The fourth-order valence-corrected chi connectivity index (χ4v) is 5.43. The number of amides is 1. The molecular weight excluding hydrogens is 414 g/mol. The molecule has 162 valence electrons. The molecule has 2 aliphatic rings. The van der Waals surface area contributed by atoms with Crippen LogP contribution in [-0.2, 0) is 4.74 Å². The molecule has 1 saturated heterocycles. The van der Waals surface area contributed by atoms with Crippen LogP contribution in [0.4, 0.5) is 5.82 Å². The van der Waals surface area contributed by atoms with Gasteiger partial charge in [0.25, 0.3) is 5.91 Å². The van der Waals surface area contributed by atoms with Crippen molar-refractivity contribution in [2.45, 2.75) is 30.6 Å². The number of anilines is 1. The summed E-state index contributed by atoms with van der Waals surface area (Å²) in [6.45, 7) is 2.99. The number of hydrogen-bond donors (Lipinski definition) is 3. The first-order chi connectivity index (χ1) is 15.1. The van der Waals surface area contributed by atoms with Crippen LogP contribution in [0.25, 0.3) is 10.1 Å². The van der Waals surface area contributed by atoms with E-state index in [1.54, 1.807) is 6.20 Å². The van der Waals surface area contributed by atoms with Crippen LogP contribution in [0.3, 0.4) is 0 Å². The first kappa shape index (κ1) is 20.4. The molecule has 3 heterocycles. The molecule has 4 unspecified atom stereocenters. The molecule has 0 bridgehead atoms. The Bertz CT molecular complexity index is 1030. The van der Waals surface area contributed by atoms with E-state index < -0.39 is 18.2 Å². The molecule has 0 radical (unpaired) electrons. The van der Waals surface area contributed by atoms with Crippen molar-refractivity contribution in [1.82, 2.24) is 10.3 Å². The van der Waals surface area contributed by atoms with Gasteiger partial charge in [-0.1, -0.05) is 24.3 Å². The van der Waals surface area contributed by atoms with Crippen LogP contribution < -0.4 is 10.2 Å². The van der Waals surface area contributed by atoms with Gasteiger partial charge in [0.15, 0.2) is 0 Å². The minimum absolute atomic E-state index is 0.213. The lowest BCUT2D eigenvalue weighted by Gasteiger charge is -2.28. The van der Waals surface area contributed by atoms with Crippen LogP contribution in [0.15, 0.2) is 48.7 Å². The van der Waals surface area contributed by atoms with Crippen molar-refractivity contribution in [1.29, 1.82) is 0 Å². The van der Waals surface area contributed by atoms with Gasteiger partial charge in [-0.3, -0.25) is 4.79 Å². The van der Waals surface area contributed by atoms with Crippen LogP contribution >= 0.6 is 11.3 Å². The Morgan fingerprint density at radius 2 is 1.97 bits per heavy atom. The summed E-state index contributed by atoms with van der Waals surface area (Å²) in [7, 11) is 0. The van der Waals surface area contributed by atoms with Crippen molar-refractivity contribution in [3.05, 3.63) is 59.1 Å². The second-order valence-corrected chi connectivity index (χ2v) is 9.18. The number of aliphatic hydroxyl groups is 2. The normalized spacial score (nSPS) is 26.3. The molecule has 7 nitrogen and oxygen atoms in total. The number of benzene rings is 1. The zero-order valence-electron chi connectivity index (χ0n) is 17.0. The molecule has 5 rings (SSSR count). The zero-order chi connectivity index (χ0) is 21.4. The van der Waals surface area contributed by atoms with E-state index in [0.717, 1.165) is 34.6 Å². The monoisotopic (exact) mass is 439 g/mol. The Morgan fingerprint density at radius 3 is 2.71 bits per heavy atom. The Kier molecular flexibility index (Phi) is 5.62. The van der Waals surface area contributed by atoms with Gasteiger partial charge in [0.05, 0.1) is 30.2 Å². The smallest absolute Gasteiger partial charge is 0.261 e. The van der Waals surface area contributed by atoms with Gasteiger partial charge in [0.2, 0.25) is 0 Å². The number of aliphatic hydroxyl groups excluding tert-OH is 2. The minimum Gasteiger partial charge on any atom is -0.390 e. The van der Waals surface area contributed by atoms with E-state index in [4.69, 9.17) is 4.74 Å². The van der Waals surface area contributed by atoms with Crippen molar-refractivity contribution < 1.29 is 19.7 Å². The Balaban J connectivity index is 1.34. The van der Waals surface area contributed by atoms with E-state index in [0.29, 0.717) is 24.5 Å². The van der Waals surface area contributed by atoms with E-state index in [9.17, 15) is 15.0 Å². The van der Waals surface area contributed by atoms with Crippen LogP contribution in [0.2, 0.25) is 0 Å². The maximum Gasteiger partial charge on any atom is 0.261 e. The molecule has 31 heavy (non-hydrogen) atoms. The Morgan fingerprint density at radius 1 is 1.16 bits per heavy atom. The highest BCUT2D eigenvalue weighted by Crippen LogP contribution is 2.36. The minimum atomic E-state index is -1.03. The van der Waals surface area contributed by atoms with E-state index in [2.05, 4.69) is 15.2 Å². The molecule has 2 fully saturated rings. The summed E-state index contributed by atoms with van der Waals surface area (Å²) in [4.78, 5) is 20.3. The SMILES string of the molecule is O=C(NC1C(c2ccc(N3CCOCC3)nc2)CC(O)C1O)c1cc2ccccc2s1. The average molecular weight is 440 g/mol. The van der Waals surface area contributed by atoms with Crippen molar-refractivity contribution in [3.63, 3.8) is 0 Å². The number of carbonyl (C=O) groups is 1. The number of ether oxygens (including phenoxy) is 1. The summed E-state index contributed by atoms with van der Waals surface area (Å²) in [5, 5.41) is 24.9. The molecule has 3 N–H and O–H groups in total. The number of hydrogen-bond acceptors (Lipinski definition) is 7. The molecule has 4 atom stereocenters. The average Bonchev–Trinajstić information content (AvgIpc) is 3.37. The predicted molar refractivity (Wildman–Crippen MR) is 120 cm³/mol. The maximum absolute atomic E-state index is 12.9. The fourth-order valence-electron chi connectivity index (χ4n) is 4.47. The first-order valence-corrected chi connectivity index (χ1v) is 11.4. The molecule has 2 aromatic heterocycles. The summed E-state index contributed by atoms with van der Waals surface area (Å²) in [5.74, 6) is 0.439. The van der Waals surface area contributed by atoms with Crippen LogP contribution in [0.1, 0.15) is 27.6 Å². The molecule has 1 amide bonds. The molecule has 1 saturated carbocycles. The summed E-state index contributed by atoms with van der Waals surface area (Å²) in [6, 6.07) is 13.1. The standard InChI is InChI=1S/C23H25N3O4S/c27-17-12-16(15-5-6-20(24-13-15)26-7-9-30-10-8-26)21(22(17)28)25-23(29)19-11-14-3-1-2-4-18(14)31-19/h1-6,11,13,16-17,21-22,27-28H,7-10,12H2,(H,25,29). The van der Waals surface area contributed by atoms with E-state index >= 15 is 0 Å². The number of rotatable bonds is 4. The number of pyridine rings is 1. The van der Waals surface area contributed by atoms with Crippen molar-refractivity contribution in [2.24, 2.45) is 0 Å². The van der Waals surface area contributed by atoms with Gasteiger partial charge in [-0.15, -0.1) is 11.3 Å². The molecule has 0 spiro atoms. The van der Waals surface area contributed by atoms with E-state index in [-0.39, 0.29) is 11.8 Å². The van der Waals surface area contributed by atoms with Gasteiger partial charge in [0, 0.05) is 29.9 Å². The number of fused-ring (bicyclic) bond motifs is 1. The maximum atomic E-state index is 12.9. The molecule has 1 aliphatic carbocycles. The van der Waals surface area contributed by atoms with Crippen molar-refractivity contribution >= 4 is 33.1 Å². The molecule has 1 aromatic carbocycles. The number of carbonyl (C=O) groups excluding carboxylic acids is 1.